The van der Waals surface area contributed by atoms with E-state index in [2.05, 4.69) is 17.6 Å². The van der Waals surface area contributed by atoms with Crippen molar-refractivity contribution in [3.63, 3.8) is 0 Å². The maximum Gasteiger partial charge on any atom is 0.267 e. The molecular formula is C16H21N3O2. The number of anilines is 1. The van der Waals surface area contributed by atoms with Crippen LogP contribution in [0.15, 0.2) is 36.0 Å². The maximum absolute atomic E-state index is 11.9. The van der Waals surface area contributed by atoms with Crippen LogP contribution in [0.4, 0.5) is 5.69 Å². The Bertz CT molecular complexity index is 515. The minimum atomic E-state index is -0.425. The fourth-order valence-electron chi connectivity index (χ4n) is 1.60. The summed E-state index contributed by atoms with van der Waals surface area (Å²) in [5.74, 6) is 0.318. The average molecular weight is 287 g/mol. The van der Waals surface area contributed by atoms with Gasteiger partial charge in [-0.15, -0.1) is 0 Å². The third kappa shape index (κ3) is 6.00. The van der Waals surface area contributed by atoms with E-state index in [1.165, 1.54) is 6.20 Å². The molecule has 0 heterocycles. The molecule has 0 saturated heterocycles. The van der Waals surface area contributed by atoms with Crippen molar-refractivity contribution in [3.05, 3.63) is 36.0 Å². The lowest BCUT2D eigenvalue weighted by atomic mass is 10.2. The number of benzene rings is 1. The number of carbonyl (C=O) groups excluding carboxylic acids is 1. The van der Waals surface area contributed by atoms with E-state index < -0.39 is 5.91 Å². The molecule has 0 aromatic heterocycles. The molecule has 1 aromatic carbocycles. The van der Waals surface area contributed by atoms with E-state index in [-0.39, 0.29) is 5.57 Å². The maximum atomic E-state index is 11.9. The zero-order valence-corrected chi connectivity index (χ0v) is 12.5. The zero-order chi connectivity index (χ0) is 15.5. The van der Waals surface area contributed by atoms with Crippen LogP contribution in [0.2, 0.25) is 0 Å². The Kier molecular flexibility index (Phi) is 7.44. The molecule has 0 aliphatic carbocycles. The quantitative estimate of drug-likeness (QED) is 0.438. The molecule has 1 rings (SSSR count). The Morgan fingerprint density at radius 1 is 1.33 bits per heavy atom. The molecule has 112 valence electrons. The van der Waals surface area contributed by atoms with Crippen LogP contribution >= 0.6 is 0 Å². The van der Waals surface area contributed by atoms with Gasteiger partial charge in [0.25, 0.3) is 5.91 Å². The van der Waals surface area contributed by atoms with Crippen LogP contribution in [0.5, 0.6) is 5.75 Å². The monoisotopic (exact) mass is 287 g/mol. The molecule has 0 unspecified atom stereocenters. The fourth-order valence-corrected chi connectivity index (χ4v) is 1.60. The number of nitriles is 1. The highest BCUT2D eigenvalue weighted by atomic mass is 16.5. The number of hydrogen-bond acceptors (Lipinski definition) is 4. The van der Waals surface area contributed by atoms with Gasteiger partial charge in [0.2, 0.25) is 0 Å². The fraction of sp³-hybridized carbons (Fsp3) is 0.375. The largest absolute Gasteiger partial charge is 0.494 e. The molecule has 0 aliphatic heterocycles. The summed E-state index contributed by atoms with van der Waals surface area (Å²) in [6.07, 6.45) is 3.51. The minimum absolute atomic E-state index is 0.0555. The summed E-state index contributed by atoms with van der Waals surface area (Å²) < 4.78 is 5.32. The van der Waals surface area contributed by atoms with Crippen LogP contribution in [-0.2, 0) is 4.79 Å². The number of carbonyl (C=O) groups is 1. The normalized spacial score (nSPS) is 10.6. The molecule has 0 atom stereocenters. The number of unbranched alkanes of at least 4 members (excludes halogenated alkanes) is 1. The van der Waals surface area contributed by atoms with Gasteiger partial charge in [0.15, 0.2) is 0 Å². The second-order valence-corrected chi connectivity index (χ2v) is 4.39. The number of hydrogen-bond donors (Lipinski definition) is 2. The van der Waals surface area contributed by atoms with Gasteiger partial charge in [0.05, 0.1) is 6.61 Å². The third-order valence-electron chi connectivity index (χ3n) is 2.71. The SMILES string of the molecule is CCCCN/C=C(/C#N)C(=O)Nc1ccc(OCC)cc1. The Morgan fingerprint density at radius 3 is 2.62 bits per heavy atom. The summed E-state index contributed by atoms with van der Waals surface area (Å²) >= 11 is 0. The second kappa shape index (κ2) is 9.43. The number of ether oxygens (including phenoxy) is 1. The number of rotatable bonds is 8. The van der Waals surface area contributed by atoms with Gasteiger partial charge in [-0.25, -0.2) is 0 Å². The van der Waals surface area contributed by atoms with E-state index in [4.69, 9.17) is 10.00 Å². The van der Waals surface area contributed by atoms with Gasteiger partial charge < -0.3 is 15.4 Å². The molecule has 0 bridgehead atoms. The molecule has 0 saturated carbocycles. The molecule has 5 heteroatoms. The number of nitrogens with one attached hydrogen (secondary N) is 2. The first-order chi connectivity index (χ1) is 10.2. The Hall–Kier alpha value is -2.48. The standard InChI is InChI=1S/C16H21N3O2/c1-3-5-10-18-12-13(11-17)16(20)19-14-6-8-15(9-7-14)21-4-2/h6-9,12,18H,3-5,10H2,1-2H3,(H,19,20)/b13-12-. The minimum Gasteiger partial charge on any atom is -0.494 e. The summed E-state index contributed by atoms with van der Waals surface area (Å²) in [7, 11) is 0. The summed E-state index contributed by atoms with van der Waals surface area (Å²) in [6, 6.07) is 8.91. The highest BCUT2D eigenvalue weighted by molar-refractivity contribution is 6.06. The smallest absolute Gasteiger partial charge is 0.267 e. The van der Waals surface area contributed by atoms with Crippen molar-refractivity contribution in [3.8, 4) is 11.8 Å². The molecule has 1 amide bonds. The van der Waals surface area contributed by atoms with E-state index in [0.717, 1.165) is 25.1 Å². The van der Waals surface area contributed by atoms with Gasteiger partial charge in [0.1, 0.15) is 17.4 Å². The van der Waals surface area contributed by atoms with Crippen LogP contribution in [-0.4, -0.2) is 19.1 Å². The van der Waals surface area contributed by atoms with Crippen LogP contribution in [0, 0.1) is 11.3 Å². The van der Waals surface area contributed by atoms with Crippen LogP contribution in [0.1, 0.15) is 26.7 Å². The van der Waals surface area contributed by atoms with E-state index in [0.29, 0.717) is 12.3 Å². The first kappa shape index (κ1) is 16.6. The Labute approximate surface area is 125 Å². The molecule has 0 aliphatic rings. The van der Waals surface area contributed by atoms with Crippen molar-refractivity contribution in [1.29, 1.82) is 5.26 Å². The van der Waals surface area contributed by atoms with Crippen LogP contribution in [0.3, 0.4) is 0 Å². The first-order valence-corrected chi connectivity index (χ1v) is 7.09. The molecule has 2 N–H and O–H groups in total. The van der Waals surface area contributed by atoms with Gasteiger partial charge in [-0.3, -0.25) is 4.79 Å². The van der Waals surface area contributed by atoms with Gasteiger partial charge in [-0.05, 0) is 37.6 Å². The highest BCUT2D eigenvalue weighted by Gasteiger charge is 2.08. The predicted octanol–water partition coefficient (Wildman–Crippen LogP) is 2.82. The summed E-state index contributed by atoms with van der Waals surface area (Å²) in [5.41, 5.74) is 0.679. The third-order valence-corrected chi connectivity index (χ3v) is 2.71. The molecule has 0 spiro atoms. The number of amides is 1. The lowest BCUT2D eigenvalue weighted by Crippen LogP contribution is -2.17. The van der Waals surface area contributed by atoms with Crippen molar-refractivity contribution in [2.45, 2.75) is 26.7 Å². The van der Waals surface area contributed by atoms with Crippen molar-refractivity contribution in [2.75, 3.05) is 18.5 Å². The number of nitrogens with zero attached hydrogens (tertiary/aromatic N) is 1. The topological polar surface area (TPSA) is 74.2 Å². The van der Waals surface area contributed by atoms with E-state index in [9.17, 15) is 4.79 Å². The van der Waals surface area contributed by atoms with Crippen molar-refractivity contribution in [2.24, 2.45) is 0 Å². The zero-order valence-electron chi connectivity index (χ0n) is 12.5. The van der Waals surface area contributed by atoms with E-state index in [1.807, 2.05) is 13.0 Å². The van der Waals surface area contributed by atoms with Gasteiger partial charge in [-0.2, -0.15) is 5.26 Å². The first-order valence-electron chi connectivity index (χ1n) is 7.09. The van der Waals surface area contributed by atoms with Crippen molar-refractivity contribution < 1.29 is 9.53 Å². The molecular weight excluding hydrogens is 266 g/mol. The predicted molar refractivity (Wildman–Crippen MR) is 82.8 cm³/mol. The Morgan fingerprint density at radius 2 is 2.05 bits per heavy atom. The van der Waals surface area contributed by atoms with Gasteiger partial charge in [-0.1, -0.05) is 13.3 Å². The Balaban J connectivity index is 2.59. The van der Waals surface area contributed by atoms with Gasteiger partial charge >= 0.3 is 0 Å². The molecule has 5 nitrogen and oxygen atoms in total. The second-order valence-electron chi connectivity index (χ2n) is 4.39. The van der Waals surface area contributed by atoms with Crippen LogP contribution in [0.25, 0.3) is 0 Å². The lowest BCUT2D eigenvalue weighted by Gasteiger charge is -2.07. The molecule has 0 radical (unpaired) electrons. The van der Waals surface area contributed by atoms with Crippen LogP contribution < -0.4 is 15.4 Å². The lowest BCUT2D eigenvalue weighted by molar-refractivity contribution is -0.112. The summed E-state index contributed by atoms with van der Waals surface area (Å²) in [6.45, 7) is 5.33. The molecule has 21 heavy (non-hydrogen) atoms. The van der Waals surface area contributed by atoms with Crippen molar-refractivity contribution >= 4 is 11.6 Å². The molecule has 0 fully saturated rings. The van der Waals surface area contributed by atoms with E-state index >= 15 is 0 Å². The van der Waals surface area contributed by atoms with Gasteiger partial charge in [0, 0.05) is 18.4 Å². The summed E-state index contributed by atoms with van der Waals surface area (Å²) in [5, 5.41) is 14.6. The summed E-state index contributed by atoms with van der Waals surface area (Å²) in [4.78, 5) is 11.9. The average Bonchev–Trinajstić information content (AvgIpc) is 2.49. The van der Waals surface area contributed by atoms with E-state index in [1.54, 1.807) is 24.3 Å². The molecule has 1 aromatic rings. The highest BCUT2D eigenvalue weighted by Crippen LogP contribution is 2.16. The van der Waals surface area contributed by atoms with Crippen molar-refractivity contribution in [1.82, 2.24) is 5.32 Å².